The van der Waals surface area contributed by atoms with Crippen LogP contribution >= 0.6 is 11.8 Å². The zero-order valence-electron chi connectivity index (χ0n) is 13.8. The van der Waals surface area contributed by atoms with E-state index in [0.717, 1.165) is 30.2 Å². The Balaban J connectivity index is 1.89. The molecule has 1 aromatic heterocycles. The number of furan rings is 1. The van der Waals surface area contributed by atoms with Crippen LogP contribution in [0.15, 0.2) is 16.5 Å². The molecule has 0 bridgehead atoms. The Morgan fingerprint density at radius 2 is 2.35 bits per heavy atom. The van der Waals surface area contributed by atoms with Crippen molar-refractivity contribution in [3.63, 3.8) is 0 Å². The van der Waals surface area contributed by atoms with Crippen molar-refractivity contribution < 1.29 is 14.0 Å². The number of carbonyl (C=O) groups is 2. The standard InChI is InChI=1S/C16H25N3O3S/c1-12-4-5-13(22-12)11-19-8-7-18-16(21)14(19)10-15(20)17-6-3-9-23-2/h4-5,14H,3,6-11H2,1-2H3,(H,17,20)(H,18,21)/t14-/m0/s1. The van der Waals surface area contributed by atoms with Gasteiger partial charge in [-0.15, -0.1) is 0 Å². The molecule has 1 aliphatic heterocycles. The van der Waals surface area contributed by atoms with Gasteiger partial charge in [-0.3, -0.25) is 14.5 Å². The lowest BCUT2D eigenvalue weighted by atomic mass is 10.1. The molecule has 2 N–H and O–H groups in total. The minimum absolute atomic E-state index is 0.0752. The zero-order valence-corrected chi connectivity index (χ0v) is 14.6. The Morgan fingerprint density at radius 1 is 1.52 bits per heavy atom. The molecule has 0 saturated carbocycles. The Morgan fingerprint density at radius 3 is 3.04 bits per heavy atom. The number of amides is 2. The van der Waals surface area contributed by atoms with E-state index in [9.17, 15) is 9.59 Å². The number of carbonyl (C=O) groups excluding carboxylic acids is 2. The molecule has 6 nitrogen and oxygen atoms in total. The summed E-state index contributed by atoms with van der Waals surface area (Å²) in [6.45, 7) is 4.42. The van der Waals surface area contributed by atoms with Gasteiger partial charge in [-0.25, -0.2) is 0 Å². The van der Waals surface area contributed by atoms with Gasteiger partial charge >= 0.3 is 0 Å². The maximum absolute atomic E-state index is 12.1. The van der Waals surface area contributed by atoms with Gasteiger partial charge in [-0.1, -0.05) is 0 Å². The minimum atomic E-state index is -0.435. The first kappa shape index (κ1) is 17.9. The fraction of sp³-hybridized carbons (Fsp3) is 0.625. The molecule has 1 atom stereocenters. The highest BCUT2D eigenvalue weighted by atomic mass is 32.2. The van der Waals surface area contributed by atoms with Gasteiger partial charge in [0, 0.05) is 19.6 Å². The van der Waals surface area contributed by atoms with E-state index < -0.39 is 6.04 Å². The first-order chi connectivity index (χ1) is 11.1. The third-order valence-corrected chi connectivity index (χ3v) is 4.52. The van der Waals surface area contributed by atoms with Crippen LogP contribution in [0.25, 0.3) is 0 Å². The minimum Gasteiger partial charge on any atom is -0.465 e. The second kappa shape index (κ2) is 8.98. The molecule has 1 aromatic rings. The number of hydrogen-bond acceptors (Lipinski definition) is 5. The summed E-state index contributed by atoms with van der Waals surface area (Å²) in [5, 5.41) is 5.73. The zero-order chi connectivity index (χ0) is 16.7. The van der Waals surface area contributed by atoms with Gasteiger partial charge < -0.3 is 15.1 Å². The van der Waals surface area contributed by atoms with Crippen molar-refractivity contribution in [2.75, 3.05) is 31.6 Å². The average Bonchev–Trinajstić information content (AvgIpc) is 2.92. The topological polar surface area (TPSA) is 74.6 Å². The van der Waals surface area contributed by atoms with Gasteiger partial charge in [-0.2, -0.15) is 11.8 Å². The van der Waals surface area contributed by atoms with Crippen LogP contribution in [-0.4, -0.2) is 54.4 Å². The number of nitrogens with zero attached hydrogens (tertiary/aromatic N) is 1. The summed E-state index contributed by atoms with van der Waals surface area (Å²) in [6.07, 6.45) is 3.17. The molecule has 0 spiro atoms. The highest BCUT2D eigenvalue weighted by Crippen LogP contribution is 2.15. The third-order valence-electron chi connectivity index (χ3n) is 3.82. The van der Waals surface area contributed by atoms with E-state index in [0.29, 0.717) is 19.6 Å². The molecule has 2 amide bonds. The quantitative estimate of drug-likeness (QED) is 0.695. The monoisotopic (exact) mass is 339 g/mol. The number of aryl methyl sites for hydroxylation is 1. The van der Waals surface area contributed by atoms with Crippen molar-refractivity contribution in [3.8, 4) is 0 Å². The van der Waals surface area contributed by atoms with E-state index in [1.54, 1.807) is 11.8 Å². The van der Waals surface area contributed by atoms with E-state index >= 15 is 0 Å². The molecule has 0 aromatic carbocycles. The Bertz CT molecular complexity index is 532. The van der Waals surface area contributed by atoms with Crippen molar-refractivity contribution in [1.82, 2.24) is 15.5 Å². The lowest BCUT2D eigenvalue weighted by molar-refractivity contribution is -0.134. The van der Waals surface area contributed by atoms with Crippen LogP contribution in [0.3, 0.4) is 0 Å². The number of thioether (sulfide) groups is 1. The van der Waals surface area contributed by atoms with Crippen LogP contribution in [0.5, 0.6) is 0 Å². The predicted molar refractivity (Wildman–Crippen MR) is 91.3 cm³/mol. The third kappa shape index (κ3) is 5.58. The molecule has 128 valence electrons. The van der Waals surface area contributed by atoms with Gasteiger partial charge in [0.25, 0.3) is 0 Å². The summed E-state index contributed by atoms with van der Waals surface area (Å²) >= 11 is 1.76. The maximum atomic E-state index is 12.1. The van der Waals surface area contributed by atoms with Crippen LogP contribution in [0.2, 0.25) is 0 Å². The molecule has 1 saturated heterocycles. The van der Waals surface area contributed by atoms with Crippen LogP contribution in [0, 0.1) is 6.92 Å². The SMILES string of the molecule is CSCCCNC(=O)C[C@H]1C(=O)NCCN1Cc1ccc(C)o1. The first-order valence-electron chi connectivity index (χ1n) is 7.93. The molecule has 0 unspecified atom stereocenters. The lowest BCUT2D eigenvalue weighted by Crippen LogP contribution is -2.56. The van der Waals surface area contributed by atoms with Crippen molar-refractivity contribution >= 4 is 23.6 Å². The van der Waals surface area contributed by atoms with Crippen LogP contribution in [0.4, 0.5) is 0 Å². The van der Waals surface area contributed by atoms with E-state index in [1.807, 2.05) is 30.2 Å². The molecule has 0 aliphatic carbocycles. The average molecular weight is 339 g/mol. The maximum Gasteiger partial charge on any atom is 0.237 e. The summed E-state index contributed by atoms with van der Waals surface area (Å²) < 4.78 is 5.59. The summed E-state index contributed by atoms with van der Waals surface area (Å²) in [7, 11) is 0. The van der Waals surface area contributed by atoms with Gasteiger partial charge in [0.15, 0.2) is 0 Å². The van der Waals surface area contributed by atoms with Gasteiger partial charge in [0.1, 0.15) is 11.5 Å². The summed E-state index contributed by atoms with van der Waals surface area (Å²) in [5.41, 5.74) is 0. The van der Waals surface area contributed by atoms with Gasteiger partial charge in [0.2, 0.25) is 11.8 Å². The molecular weight excluding hydrogens is 314 g/mol. The smallest absolute Gasteiger partial charge is 0.237 e. The highest BCUT2D eigenvalue weighted by molar-refractivity contribution is 7.98. The molecule has 0 radical (unpaired) electrons. The highest BCUT2D eigenvalue weighted by Gasteiger charge is 2.31. The van der Waals surface area contributed by atoms with Crippen molar-refractivity contribution in [1.29, 1.82) is 0 Å². The first-order valence-corrected chi connectivity index (χ1v) is 9.32. The molecule has 2 heterocycles. The fourth-order valence-corrected chi connectivity index (χ4v) is 3.07. The molecule has 1 fully saturated rings. The van der Waals surface area contributed by atoms with Crippen LogP contribution < -0.4 is 10.6 Å². The molecule has 1 aliphatic rings. The number of hydrogen-bond donors (Lipinski definition) is 2. The molecular formula is C16H25N3O3S. The summed E-state index contributed by atoms with van der Waals surface area (Å²) in [6, 6.07) is 3.39. The van der Waals surface area contributed by atoms with Gasteiger partial charge in [0.05, 0.1) is 19.0 Å². The Labute approximate surface area is 141 Å². The molecule has 2 rings (SSSR count). The lowest BCUT2D eigenvalue weighted by Gasteiger charge is -2.34. The van der Waals surface area contributed by atoms with Gasteiger partial charge in [-0.05, 0) is 37.5 Å². The van der Waals surface area contributed by atoms with Crippen LogP contribution in [-0.2, 0) is 16.1 Å². The van der Waals surface area contributed by atoms with Crippen molar-refractivity contribution in [2.45, 2.75) is 32.4 Å². The van der Waals surface area contributed by atoms with Crippen LogP contribution in [0.1, 0.15) is 24.4 Å². The molecule has 7 heteroatoms. The summed E-state index contributed by atoms with van der Waals surface area (Å²) in [4.78, 5) is 26.2. The largest absolute Gasteiger partial charge is 0.465 e. The normalized spacial score (nSPS) is 18.7. The predicted octanol–water partition coefficient (Wildman–Crippen LogP) is 1.15. The van der Waals surface area contributed by atoms with E-state index in [4.69, 9.17) is 4.42 Å². The Kier molecular flexibility index (Phi) is 6.98. The Hall–Kier alpha value is -1.47. The molecule has 23 heavy (non-hydrogen) atoms. The van der Waals surface area contributed by atoms with Crippen molar-refractivity contribution in [2.24, 2.45) is 0 Å². The van der Waals surface area contributed by atoms with E-state index in [1.165, 1.54) is 0 Å². The summed E-state index contributed by atoms with van der Waals surface area (Å²) in [5.74, 6) is 2.54. The number of nitrogens with one attached hydrogen (secondary N) is 2. The van der Waals surface area contributed by atoms with E-state index in [-0.39, 0.29) is 18.2 Å². The number of piperazine rings is 1. The fourth-order valence-electron chi connectivity index (χ4n) is 2.64. The second-order valence-electron chi connectivity index (χ2n) is 5.69. The second-order valence-corrected chi connectivity index (χ2v) is 6.68. The van der Waals surface area contributed by atoms with E-state index in [2.05, 4.69) is 10.6 Å². The number of rotatable bonds is 8. The van der Waals surface area contributed by atoms with Crippen molar-refractivity contribution in [3.05, 3.63) is 23.7 Å².